The first-order valence-corrected chi connectivity index (χ1v) is 9.65. The maximum atomic E-state index is 12.3. The van der Waals surface area contributed by atoms with Crippen molar-refractivity contribution in [3.05, 3.63) is 73.1 Å². The molecule has 0 unspecified atom stereocenters. The van der Waals surface area contributed by atoms with Crippen molar-refractivity contribution in [2.75, 3.05) is 6.54 Å². The number of hydrogen-bond acceptors (Lipinski definition) is 6. The number of nitrogens with zero attached hydrogens (tertiary/aromatic N) is 2. The fourth-order valence-corrected chi connectivity index (χ4v) is 4.06. The Kier molecular flexibility index (Phi) is 6.42. The van der Waals surface area contributed by atoms with Gasteiger partial charge >= 0.3 is 0 Å². The number of benzene rings is 2. The molecule has 2 amide bonds. The molecule has 0 saturated heterocycles. The quantitative estimate of drug-likeness (QED) is 0.335. The predicted molar refractivity (Wildman–Crippen MR) is 113 cm³/mol. The summed E-state index contributed by atoms with van der Waals surface area (Å²) >= 11 is 13.3. The summed E-state index contributed by atoms with van der Waals surface area (Å²) in [6.45, 7) is -0.304. The third kappa shape index (κ3) is 4.89. The van der Waals surface area contributed by atoms with E-state index in [2.05, 4.69) is 15.8 Å². The van der Waals surface area contributed by atoms with E-state index in [-0.39, 0.29) is 17.3 Å². The van der Waals surface area contributed by atoms with E-state index in [1.807, 2.05) is 24.3 Å². The van der Waals surface area contributed by atoms with E-state index >= 15 is 0 Å². The van der Waals surface area contributed by atoms with Gasteiger partial charge in [0, 0.05) is 16.2 Å². The lowest BCUT2D eigenvalue weighted by Gasteiger charge is -2.03. The van der Waals surface area contributed by atoms with Gasteiger partial charge in [0.25, 0.3) is 17.5 Å². The van der Waals surface area contributed by atoms with Crippen LogP contribution in [0.1, 0.15) is 15.2 Å². The molecule has 1 heterocycles. The molecule has 11 heteroatoms. The number of nitro benzene ring substituents is 1. The number of nitro groups is 1. The number of rotatable bonds is 6. The average Bonchev–Trinajstić information content (AvgIpc) is 3.03. The molecule has 0 aliphatic carbocycles. The van der Waals surface area contributed by atoms with Crippen molar-refractivity contribution in [1.29, 1.82) is 0 Å². The van der Waals surface area contributed by atoms with Gasteiger partial charge < -0.3 is 5.32 Å². The molecule has 2 aromatic carbocycles. The minimum Gasteiger partial charge on any atom is -0.342 e. The lowest BCUT2D eigenvalue weighted by molar-refractivity contribution is -0.384. The fourth-order valence-electron chi connectivity index (χ4n) is 2.37. The van der Waals surface area contributed by atoms with E-state index in [9.17, 15) is 19.7 Å². The summed E-state index contributed by atoms with van der Waals surface area (Å²) in [5, 5.41) is 18.0. The highest BCUT2D eigenvalue weighted by Crippen LogP contribution is 2.34. The van der Waals surface area contributed by atoms with Crippen molar-refractivity contribution in [2.45, 2.75) is 0 Å². The number of carbonyl (C=O) groups excluding carboxylic acids is 2. The maximum Gasteiger partial charge on any atom is 0.287 e. The van der Waals surface area contributed by atoms with Crippen LogP contribution in [0.25, 0.3) is 10.1 Å². The van der Waals surface area contributed by atoms with E-state index in [0.717, 1.165) is 10.1 Å². The molecule has 0 aliphatic rings. The highest BCUT2D eigenvalue weighted by Gasteiger charge is 2.17. The van der Waals surface area contributed by atoms with Gasteiger partial charge in [-0.1, -0.05) is 41.4 Å². The van der Waals surface area contributed by atoms with Gasteiger partial charge in [-0.15, -0.1) is 11.3 Å². The number of hydrazone groups is 1. The molecule has 2 N–H and O–H groups in total. The van der Waals surface area contributed by atoms with Crippen molar-refractivity contribution in [3.63, 3.8) is 0 Å². The molecule has 29 heavy (non-hydrogen) atoms. The Morgan fingerprint density at radius 1 is 1.21 bits per heavy atom. The Morgan fingerprint density at radius 2 is 1.97 bits per heavy atom. The van der Waals surface area contributed by atoms with Crippen molar-refractivity contribution in [1.82, 2.24) is 10.7 Å². The standard InChI is InChI=1S/C18H12Cl2N4O4S/c19-12-7-10(5-6-13(12)24(27)28)8-22-23-15(25)9-21-18(26)17-16(20)11-3-1-2-4-14(11)29-17/h1-8H,9H2,(H,21,26)(H,23,25)/b22-8+. The van der Waals surface area contributed by atoms with Crippen molar-refractivity contribution >= 4 is 68.3 Å². The monoisotopic (exact) mass is 450 g/mol. The van der Waals surface area contributed by atoms with Crippen LogP contribution < -0.4 is 10.7 Å². The Hall–Kier alpha value is -3.01. The summed E-state index contributed by atoms with van der Waals surface area (Å²) in [6.07, 6.45) is 1.28. The van der Waals surface area contributed by atoms with Gasteiger partial charge in [-0.2, -0.15) is 5.10 Å². The first kappa shape index (κ1) is 20.7. The van der Waals surface area contributed by atoms with E-state index in [4.69, 9.17) is 23.2 Å². The number of fused-ring (bicyclic) bond motifs is 1. The second kappa shape index (κ2) is 8.99. The van der Waals surface area contributed by atoms with Crippen LogP contribution in [-0.4, -0.2) is 29.5 Å². The zero-order valence-corrected chi connectivity index (χ0v) is 16.8. The Bertz CT molecular complexity index is 1150. The third-order valence-corrected chi connectivity index (χ3v) is 5.70. The predicted octanol–water partition coefficient (Wildman–Crippen LogP) is 4.00. The fraction of sp³-hybridized carbons (Fsp3) is 0.0556. The van der Waals surface area contributed by atoms with Crippen LogP contribution in [0.2, 0.25) is 10.0 Å². The van der Waals surface area contributed by atoms with Crippen LogP contribution in [0.15, 0.2) is 47.6 Å². The molecule has 0 atom stereocenters. The highest BCUT2D eigenvalue weighted by molar-refractivity contribution is 7.21. The number of nitrogens with one attached hydrogen (secondary N) is 2. The minimum absolute atomic E-state index is 0.0437. The van der Waals surface area contributed by atoms with Gasteiger partial charge in [-0.25, -0.2) is 5.43 Å². The average molecular weight is 451 g/mol. The van der Waals surface area contributed by atoms with Gasteiger partial charge in [0.15, 0.2) is 0 Å². The first-order valence-electron chi connectivity index (χ1n) is 8.08. The highest BCUT2D eigenvalue weighted by atomic mass is 35.5. The van der Waals surface area contributed by atoms with Crippen molar-refractivity contribution in [3.8, 4) is 0 Å². The number of hydrogen-bond donors (Lipinski definition) is 2. The number of thiophene rings is 1. The van der Waals surface area contributed by atoms with E-state index in [1.54, 1.807) is 0 Å². The molecular weight excluding hydrogens is 439 g/mol. The summed E-state index contributed by atoms with van der Waals surface area (Å²) in [7, 11) is 0. The van der Waals surface area contributed by atoms with Gasteiger partial charge in [-0.3, -0.25) is 19.7 Å². The minimum atomic E-state index is -0.601. The summed E-state index contributed by atoms with van der Waals surface area (Å²) in [5.74, 6) is -1.02. The van der Waals surface area contributed by atoms with E-state index in [0.29, 0.717) is 15.5 Å². The lowest BCUT2D eigenvalue weighted by Crippen LogP contribution is -2.34. The smallest absolute Gasteiger partial charge is 0.287 e. The molecule has 0 bridgehead atoms. The molecule has 0 saturated carbocycles. The molecule has 1 aromatic heterocycles. The van der Waals surface area contributed by atoms with Crippen LogP contribution in [0.3, 0.4) is 0 Å². The third-order valence-electron chi connectivity index (χ3n) is 3.72. The molecular formula is C18H12Cl2N4O4S. The van der Waals surface area contributed by atoms with Crippen LogP contribution in [0, 0.1) is 10.1 Å². The number of halogens is 2. The van der Waals surface area contributed by atoms with Crippen molar-refractivity contribution in [2.24, 2.45) is 5.10 Å². The Labute approximate surface area is 178 Å². The number of carbonyl (C=O) groups is 2. The molecule has 0 fully saturated rings. The summed E-state index contributed by atoms with van der Waals surface area (Å²) in [5.41, 5.74) is 2.48. The second-order valence-electron chi connectivity index (χ2n) is 5.69. The largest absolute Gasteiger partial charge is 0.342 e. The zero-order valence-electron chi connectivity index (χ0n) is 14.5. The molecule has 0 radical (unpaired) electrons. The molecule has 148 valence electrons. The Morgan fingerprint density at radius 3 is 2.66 bits per heavy atom. The molecule has 8 nitrogen and oxygen atoms in total. The lowest BCUT2D eigenvalue weighted by atomic mass is 10.2. The molecule has 3 aromatic rings. The first-order chi connectivity index (χ1) is 13.9. The van der Waals surface area contributed by atoms with Crippen LogP contribution in [-0.2, 0) is 4.79 Å². The molecule has 3 rings (SSSR count). The summed E-state index contributed by atoms with van der Waals surface area (Å²) in [6, 6.07) is 11.4. The van der Waals surface area contributed by atoms with Gasteiger partial charge in [-0.05, 0) is 23.8 Å². The molecule has 0 aliphatic heterocycles. The van der Waals surface area contributed by atoms with E-state index < -0.39 is 16.7 Å². The van der Waals surface area contributed by atoms with Crippen molar-refractivity contribution < 1.29 is 14.5 Å². The number of amides is 2. The summed E-state index contributed by atoms with van der Waals surface area (Å²) < 4.78 is 0.874. The normalized spacial score (nSPS) is 11.0. The zero-order chi connectivity index (χ0) is 21.0. The second-order valence-corrected chi connectivity index (χ2v) is 7.52. The maximum absolute atomic E-state index is 12.3. The Balaban J connectivity index is 1.55. The topological polar surface area (TPSA) is 114 Å². The van der Waals surface area contributed by atoms with E-state index in [1.165, 1.54) is 35.8 Å². The molecule has 0 spiro atoms. The van der Waals surface area contributed by atoms with Gasteiger partial charge in [0.1, 0.15) is 9.90 Å². The van der Waals surface area contributed by atoms with Crippen LogP contribution >= 0.6 is 34.5 Å². The summed E-state index contributed by atoms with van der Waals surface area (Å²) in [4.78, 5) is 34.6. The SMILES string of the molecule is O=C(CNC(=O)c1sc2ccccc2c1Cl)N/N=C/c1ccc([N+](=O)[O-])c(Cl)c1. The van der Waals surface area contributed by atoms with Gasteiger partial charge in [0.05, 0.1) is 22.7 Å². The van der Waals surface area contributed by atoms with Crippen LogP contribution in [0.5, 0.6) is 0 Å². The van der Waals surface area contributed by atoms with Gasteiger partial charge in [0.2, 0.25) is 0 Å². The van der Waals surface area contributed by atoms with Crippen LogP contribution in [0.4, 0.5) is 5.69 Å².